The first-order valence-electron chi connectivity index (χ1n) is 8.39. The first-order valence-corrected chi connectivity index (χ1v) is 8.39. The summed E-state index contributed by atoms with van der Waals surface area (Å²) in [5, 5.41) is 3.39. The fourth-order valence-electron chi connectivity index (χ4n) is 2.89. The van der Waals surface area contributed by atoms with E-state index in [-0.39, 0.29) is 17.5 Å². The van der Waals surface area contributed by atoms with Crippen LogP contribution in [0.4, 0.5) is 10.1 Å². The highest BCUT2D eigenvalue weighted by Crippen LogP contribution is 2.19. The Morgan fingerprint density at radius 2 is 1.52 bits per heavy atom. The molecule has 0 saturated heterocycles. The number of aromatic amines is 1. The standard InChI is InChI=1S/C22H15FN2O2/c23-17-8-11-19-16(12-17)13-20(25-19)22(27)24-18-9-6-15(7-10-18)21(26)14-4-2-1-3-5-14/h1-13,25H,(H,24,27). The second kappa shape index (κ2) is 6.88. The average Bonchev–Trinajstić information content (AvgIpc) is 3.12. The second-order valence-electron chi connectivity index (χ2n) is 6.14. The Bertz CT molecular complexity index is 1130. The highest BCUT2D eigenvalue weighted by molar-refractivity contribution is 6.09. The largest absolute Gasteiger partial charge is 0.351 e. The molecule has 0 aliphatic carbocycles. The zero-order valence-electron chi connectivity index (χ0n) is 14.2. The number of nitrogens with one attached hydrogen (secondary N) is 2. The number of fused-ring (bicyclic) bond motifs is 1. The smallest absolute Gasteiger partial charge is 0.272 e. The van der Waals surface area contributed by atoms with Crippen LogP contribution in [0.2, 0.25) is 0 Å². The van der Waals surface area contributed by atoms with Crippen LogP contribution in [0.25, 0.3) is 10.9 Å². The predicted octanol–water partition coefficient (Wildman–Crippen LogP) is 4.79. The van der Waals surface area contributed by atoms with Gasteiger partial charge in [-0.1, -0.05) is 30.3 Å². The SMILES string of the molecule is O=C(c1ccccc1)c1ccc(NC(=O)c2cc3cc(F)ccc3[nH]2)cc1. The van der Waals surface area contributed by atoms with Crippen LogP contribution in [0.3, 0.4) is 0 Å². The van der Waals surface area contributed by atoms with Crippen LogP contribution in [0, 0.1) is 5.82 Å². The van der Waals surface area contributed by atoms with Crippen molar-refractivity contribution in [2.45, 2.75) is 0 Å². The molecule has 0 unspecified atom stereocenters. The van der Waals surface area contributed by atoms with Crippen molar-refractivity contribution in [3.05, 3.63) is 102 Å². The van der Waals surface area contributed by atoms with Crippen molar-refractivity contribution in [3.63, 3.8) is 0 Å². The minimum Gasteiger partial charge on any atom is -0.351 e. The maximum atomic E-state index is 13.3. The molecule has 1 aromatic heterocycles. The number of halogens is 1. The molecule has 1 amide bonds. The molecule has 27 heavy (non-hydrogen) atoms. The monoisotopic (exact) mass is 358 g/mol. The third-order valence-electron chi connectivity index (χ3n) is 4.27. The number of hydrogen-bond acceptors (Lipinski definition) is 2. The van der Waals surface area contributed by atoms with E-state index in [0.717, 1.165) is 0 Å². The fraction of sp³-hybridized carbons (Fsp3) is 0. The van der Waals surface area contributed by atoms with Crippen molar-refractivity contribution >= 4 is 28.3 Å². The lowest BCUT2D eigenvalue weighted by Crippen LogP contribution is -2.12. The molecule has 0 spiro atoms. The van der Waals surface area contributed by atoms with E-state index >= 15 is 0 Å². The molecule has 0 atom stereocenters. The van der Waals surface area contributed by atoms with E-state index in [2.05, 4.69) is 10.3 Å². The minimum atomic E-state index is -0.355. The number of carbonyl (C=O) groups is 2. The molecule has 2 N–H and O–H groups in total. The molecule has 0 aliphatic rings. The van der Waals surface area contributed by atoms with Gasteiger partial charge >= 0.3 is 0 Å². The van der Waals surface area contributed by atoms with Crippen LogP contribution >= 0.6 is 0 Å². The van der Waals surface area contributed by atoms with Crippen LogP contribution in [-0.4, -0.2) is 16.7 Å². The number of amides is 1. The van der Waals surface area contributed by atoms with E-state index in [0.29, 0.717) is 33.4 Å². The zero-order valence-corrected chi connectivity index (χ0v) is 14.2. The van der Waals surface area contributed by atoms with Crippen LogP contribution in [0.1, 0.15) is 26.4 Å². The Morgan fingerprint density at radius 1 is 0.815 bits per heavy atom. The third-order valence-corrected chi connectivity index (χ3v) is 4.27. The molecule has 0 saturated carbocycles. The van der Waals surface area contributed by atoms with E-state index in [1.165, 1.54) is 12.1 Å². The van der Waals surface area contributed by atoms with Gasteiger partial charge in [-0.2, -0.15) is 0 Å². The number of carbonyl (C=O) groups excluding carboxylic acids is 2. The summed E-state index contributed by atoms with van der Waals surface area (Å²) < 4.78 is 13.3. The van der Waals surface area contributed by atoms with Crippen molar-refractivity contribution in [1.29, 1.82) is 0 Å². The zero-order chi connectivity index (χ0) is 18.8. The van der Waals surface area contributed by atoms with Crippen molar-refractivity contribution in [2.75, 3.05) is 5.32 Å². The Morgan fingerprint density at radius 3 is 2.26 bits per heavy atom. The van der Waals surface area contributed by atoms with Crippen molar-refractivity contribution in [3.8, 4) is 0 Å². The fourth-order valence-corrected chi connectivity index (χ4v) is 2.89. The molecule has 132 valence electrons. The highest BCUT2D eigenvalue weighted by atomic mass is 19.1. The second-order valence-corrected chi connectivity index (χ2v) is 6.14. The quantitative estimate of drug-likeness (QED) is 0.515. The van der Waals surface area contributed by atoms with Crippen LogP contribution in [0.5, 0.6) is 0 Å². The van der Waals surface area contributed by atoms with Gasteiger partial charge in [-0.3, -0.25) is 9.59 Å². The number of rotatable bonds is 4. The van der Waals surface area contributed by atoms with Gasteiger partial charge in [-0.05, 0) is 48.5 Å². The summed E-state index contributed by atoms with van der Waals surface area (Å²) in [6.45, 7) is 0. The van der Waals surface area contributed by atoms with Crippen LogP contribution in [-0.2, 0) is 0 Å². The molecular weight excluding hydrogens is 343 g/mol. The van der Waals surface area contributed by atoms with Crippen LogP contribution in [0.15, 0.2) is 78.9 Å². The summed E-state index contributed by atoms with van der Waals surface area (Å²) in [6, 6.07) is 21.6. The average molecular weight is 358 g/mol. The van der Waals surface area contributed by atoms with E-state index in [1.807, 2.05) is 18.2 Å². The van der Waals surface area contributed by atoms with Gasteiger partial charge in [0.2, 0.25) is 0 Å². The molecule has 4 rings (SSSR count). The van der Waals surface area contributed by atoms with E-state index in [4.69, 9.17) is 0 Å². The van der Waals surface area contributed by atoms with Gasteiger partial charge in [0.05, 0.1) is 0 Å². The van der Waals surface area contributed by atoms with Crippen molar-refractivity contribution in [1.82, 2.24) is 4.98 Å². The maximum Gasteiger partial charge on any atom is 0.272 e. The Hall–Kier alpha value is -3.73. The van der Waals surface area contributed by atoms with Gasteiger partial charge in [-0.15, -0.1) is 0 Å². The Balaban J connectivity index is 1.50. The lowest BCUT2D eigenvalue weighted by molar-refractivity contribution is 0.102. The van der Waals surface area contributed by atoms with E-state index in [1.54, 1.807) is 48.5 Å². The number of ketones is 1. The van der Waals surface area contributed by atoms with E-state index in [9.17, 15) is 14.0 Å². The minimum absolute atomic E-state index is 0.0777. The molecular formula is C22H15FN2O2. The number of aromatic nitrogens is 1. The topological polar surface area (TPSA) is 62.0 Å². The van der Waals surface area contributed by atoms with Crippen molar-refractivity contribution < 1.29 is 14.0 Å². The Labute approximate surface area is 154 Å². The Kier molecular flexibility index (Phi) is 4.26. The molecule has 4 nitrogen and oxygen atoms in total. The molecule has 0 aliphatic heterocycles. The summed E-state index contributed by atoms with van der Waals surface area (Å²) in [5.74, 6) is -0.771. The highest BCUT2D eigenvalue weighted by Gasteiger charge is 2.12. The van der Waals surface area contributed by atoms with Gasteiger partial charge in [0.1, 0.15) is 11.5 Å². The number of benzene rings is 3. The predicted molar refractivity (Wildman–Crippen MR) is 103 cm³/mol. The molecule has 0 radical (unpaired) electrons. The lowest BCUT2D eigenvalue weighted by Gasteiger charge is -2.05. The molecule has 3 aromatic carbocycles. The molecule has 0 bridgehead atoms. The summed E-state index contributed by atoms with van der Waals surface area (Å²) in [5.41, 5.74) is 2.74. The van der Waals surface area contributed by atoms with Crippen molar-refractivity contribution in [2.24, 2.45) is 0 Å². The van der Waals surface area contributed by atoms with Gasteiger partial charge in [0.25, 0.3) is 5.91 Å². The number of anilines is 1. The molecule has 1 heterocycles. The summed E-state index contributed by atoms with van der Waals surface area (Å²) in [6.07, 6.45) is 0. The number of H-pyrrole nitrogens is 1. The normalized spacial score (nSPS) is 10.7. The van der Waals surface area contributed by atoms with Gasteiger partial charge in [-0.25, -0.2) is 4.39 Å². The number of hydrogen-bond donors (Lipinski definition) is 2. The summed E-state index contributed by atoms with van der Waals surface area (Å²) in [7, 11) is 0. The lowest BCUT2D eigenvalue weighted by atomic mass is 10.0. The molecule has 0 fully saturated rings. The summed E-state index contributed by atoms with van der Waals surface area (Å²) >= 11 is 0. The maximum absolute atomic E-state index is 13.3. The van der Waals surface area contributed by atoms with Crippen LogP contribution < -0.4 is 5.32 Å². The third kappa shape index (κ3) is 3.48. The first kappa shape index (κ1) is 16.7. The molecule has 4 aromatic rings. The van der Waals surface area contributed by atoms with Gasteiger partial charge in [0.15, 0.2) is 5.78 Å². The van der Waals surface area contributed by atoms with Gasteiger partial charge in [0, 0.05) is 27.7 Å². The first-order chi connectivity index (χ1) is 13.1. The summed E-state index contributed by atoms with van der Waals surface area (Å²) in [4.78, 5) is 27.8. The van der Waals surface area contributed by atoms with Gasteiger partial charge < -0.3 is 10.3 Å². The van der Waals surface area contributed by atoms with E-state index < -0.39 is 0 Å². The molecule has 5 heteroatoms.